The number of hydrogen-bond donors (Lipinski definition) is 1. The topological polar surface area (TPSA) is 50.8 Å². The van der Waals surface area contributed by atoms with Crippen molar-refractivity contribution in [2.75, 3.05) is 46.1 Å². The minimum Gasteiger partial charge on any atom is -0.381 e. The molecule has 0 aromatic heterocycles. The molecule has 1 aromatic rings. The third kappa shape index (κ3) is 4.06. The van der Waals surface area contributed by atoms with Crippen molar-refractivity contribution in [3.05, 3.63) is 34.6 Å². The molecule has 7 heteroatoms. The maximum Gasteiger partial charge on any atom is 0.255 e. The van der Waals surface area contributed by atoms with Gasteiger partial charge in [-0.15, -0.1) is 0 Å². The van der Waals surface area contributed by atoms with Gasteiger partial charge in [-0.1, -0.05) is 17.7 Å². The van der Waals surface area contributed by atoms with Gasteiger partial charge in [0.2, 0.25) is 0 Å². The van der Waals surface area contributed by atoms with Crippen LogP contribution < -0.4 is 5.32 Å². The summed E-state index contributed by atoms with van der Waals surface area (Å²) in [6, 6.07) is 4.40. The summed E-state index contributed by atoms with van der Waals surface area (Å²) in [6.45, 7) is 4.93. The highest BCUT2D eigenvalue weighted by Crippen LogP contribution is 2.23. The van der Waals surface area contributed by atoms with Crippen molar-refractivity contribution < 1.29 is 18.7 Å². The van der Waals surface area contributed by atoms with Gasteiger partial charge in [0.25, 0.3) is 5.91 Å². The lowest BCUT2D eigenvalue weighted by Gasteiger charge is -2.37. The number of amides is 1. The Morgan fingerprint density at radius 1 is 1.33 bits per heavy atom. The summed E-state index contributed by atoms with van der Waals surface area (Å²) in [5.74, 6) is -0.720. The van der Waals surface area contributed by atoms with Gasteiger partial charge in [-0.2, -0.15) is 0 Å². The van der Waals surface area contributed by atoms with Crippen LogP contribution in [-0.4, -0.2) is 62.9 Å². The minimum atomic E-state index is -0.605. The summed E-state index contributed by atoms with van der Waals surface area (Å²) in [5.41, 5.74) is -0.0948. The zero-order valence-electron chi connectivity index (χ0n) is 13.5. The molecule has 1 aromatic carbocycles. The van der Waals surface area contributed by atoms with Crippen molar-refractivity contribution in [3.8, 4) is 0 Å². The number of halogens is 2. The van der Waals surface area contributed by atoms with Crippen molar-refractivity contribution in [2.45, 2.75) is 12.5 Å². The molecule has 2 fully saturated rings. The van der Waals surface area contributed by atoms with Crippen LogP contribution in [0.5, 0.6) is 0 Å². The van der Waals surface area contributed by atoms with Gasteiger partial charge in [-0.25, -0.2) is 4.39 Å². The van der Waals surface area contributed by atoms with Gasteiger partial charge in [0.1, 0.15) is 5.82 Å². The number of carbonyl (C=O) groups excluding carboxylic acids is 1. The van der Waals surface area contributed by atoms with E-state index in [9.17, 15) is 9.18 Å². The molecule has 0 bridgehead atoms. The van der Waals surface area contributed by atoms with Crippen LogP contribution >= 0.6 is 11.6 Å². The lowest BCUT2D eigenvalue weighted by molar-refractivity contribution is 0.00165. The second kappa shape index (κ2) is 8.25. The normalized spacial score (nSPS) is 23.2. The molecule has 1 N–H and O–H groups in total. The van der Waals surface area contributed by atoms with Crippen molar-refractivity contribution >= 4 is 17.5 Å². The van der Waals surface area contributed by atoms with Crippen LogP contribution in [0.3, 0.4) is 0 Å². The summed E-state index contributed by atoms with van der Waals surface area (Å²) in [6.07, 6.45) is 0.971. The van der Waals surface area contributed by atoms with Gasteiger partial charge in [-0.05, 0) is 18.6 Å². The molecule has 1 amide bonds. The SMILES string of the molecule is O=C(NC[C@@H]([C@H]1CCOC1)N1CCOCC1)c1c(F)cccc1Cl. The third-order valence-electron chi connectivity index (χ3n) is 4.69. The highest BCUT2D eigenvalue weighted by molar-refractivity contribution is 6.33. The fourth-order valence-corrected chi connectivity index (χ4v) is 3.61. The number of carbonyl (C=O) groups is 1. The monoisotopic (exact) mass is 356 g/mol. The molecule has 0 saturated carbocycles. The van der Waals surface area contributed by atoms with E-state index in [4.69, 9.17) is 21.1 Å². The van der Waals surface area contributed by atoms with Crippen LogP contribution in [0.15, 0.2) is 18.2 Å². The second-order valence-corrected chi connectivity index (χ2v) is 6.55. The molecule has 2 aliphatic rings. The van der Waals surface area contributed by atoms with Gasteiger partial charge in [0.15, 0.2) is 0 Å². The zero-order chi connectivity index (χ0) is 16.9. The van der Waals surface area contributed by atoms with Crippen LogP contribution in [0.4, 0.5) is 4.39 Å². The lowest BCUT2D eigenvalue weighted by Crippen LogP contribution is -2.52. The minimum absolute atomic E-state index is 0.0948. The Bertz CT molecular complexity index is 555. The predicted octanol–water partition coefficient (Wildman–Crippen LogP) is 1.95. The number of rotatable bonds is 5. The summed E-state index contributed by atoms with van der Waals surface area (Å²) in [7, 11) is 0. The number of morpholine rings is 1. The Morgan fingerprint density at radius 2 is 2.12 bits per heavy atom. The Hall–Kier alpha value is -1.21. The second-order valence-electron chi connectivity index (χ2n) is 6.15. The number of nitrogens with zero attached hydrogens (tertiary/aromatic N) is 1. The average molecular weight is 357 g/mol. The summed E-state index contributed by atoms with van der Waals surface area (Å²) < 4.78 is 24.8. The third-order valence-corrected chi connectivity index (χ3v) is 5.00. The molecular weight excluding hydrogens is 335 g/mol. The molecule has 0 unspecified atom stereocenters. The number of hydrogen-bond acceptors (Lipinski definition) is 4. The first kappa shape index (κ1) is 17.6. The molecule has 0 radical (unpaired) electrons. The molecule has 24 heavy (non-hydrogen) atoms. The Labute approximate surface area is 146 Å². The molecule has 0 aliphatic carbocycles. The summed E-state index contributed by atoms with van der Waals surface area (Å²) in [4.78, 5) is 14.7. The van der Waals surface area contributed by atoms with Crippen LogP contribution in [0.25, 0.3) is 0 Å². The number of benzene rings is 1. The van der Waals surface area contributed by atoms with E-state index < -0.39 is 11.7 Å². The molecule has 3 rings (SSSR count). The highest BCUT2D eigenvalue weighted by Gasteiger charge is 2.32. The lowest BCUT2D eigenvalue weighted by atomic mass is 9.96. The smallest absolute Gasteiger partial charge is 0.255 e. The number of nitrogens with one attached hydrogen (secondary N) is 1. The van der Waals surface area contributed by atoms with E-state index >= 15 is 0 Å². The van der Waals surface area contributed by atoms with E-state index in [0.717, 1.165) is 26.1 Å². The van der Waals surface area contributed by atoms with E-state index in [1.807, 2.05) is 0 Å². The summed E-state index contributed by atoms with van der Waals surface area (Å²) in [5, 5.41) is 2.98. The van der Waals surface area contributed by atoms with E-state index in [1.54, 1.807) is 0 Å². The van der Waals surface area contributed by atoms with E-state index in [1.165, 1.54) is 18.2 Å². The Morgan fingerprint density at radius 3 is 2.79 bits per heavy atom. The number of ether oxygens (including phenoxy) is 2. The maximum absolute atomic E-state index is 13.9. The quantitative estimate of drug-likeness (QED) is 0.876. The van der Waals surface area contributed by atoms with Crippen molar-refractivity contribution in [3.63, 3.8) is 0 Å². The Balaban J connectivity index is 1.67. The molecule has 2 heterocycles. The highest BCUT2D eigenvalue weighted by atomic mass is 35.5. The van der Waals surface area contributed by atoms with Gasteiger partial charge < -0.3 is 14.8 Å². The van der Waals surface area contributed by atoms with Crippen LogP contribution in [0.2, 0.25) is 5.02 Å². The first-order valence-corrected chi connectivity index (χ1v) is 8.66. The van der Waals surface area contributed by atoms with E-state index in [-0.39, 0.29) is 16.6 Å². The predicted molar refractivity (Wildman–Crippen MR) is 88.8 cm³/mol. The standard InChI is InChI=1S/C17H22ClFN2O3/c18-13-2-1-3-14(19)16(13)17(22)20-10-15(12-4-7-24-11-12)21-5-8-23-9-6-21/h1-3,12,15H,4-11H2,(H,20,22)/t12-,15-/m0/s1. The van der Waals surface area contributed by atoms with Gasteiger partial charge in [0, 0.05) is 38.2 Å². The van der Waals surface area contributed by atoms with Crippen LogP contribution in [0.1, 0.15) is 16.8 Å². The average Bonchev–Trinajstić information content (AvgIpc) is 3.10. The first-order valence-electron chi connectivity index (χ1n) is 8.28. The van der Waals surface area contributed by atoms with Gasteiger partial charge in [-0.3, -0.25) is 9.69 Å². The van der Waals surface area contributed by atoms with Gasteiger partial charge in [0.05, 0.1) is 30.4 Å². The molecule has 132 valence electrons. The Kier molecular flexibility index (Phi) is 6.05. The summed E-state index contributed by atoms with van der Waals surface area (Å²) >= 11 is 5.97. The molecule has 0 spiro atoms. The molecular formula is C17H22ClFN2O3. The zero-order valence-corrected chi connectivity index (χ0v) is 14.2. The fraction of sp³-hybridized carbons (Fsp3) is 0.588. The molecule has 2 saturated heterocycles. The molecule has 2 aliphatic heterocycles. The van der Waals surface area contributed by atoms with Crippen molar-refractivity contribution in [1.29, 1.82) is 0 Å². The van der Waals surface area contributed by atoms with E-state index in [2.05, 4.69) is 10.2 Å². The molecule has 2 atom stereocenters. The van der Waals surface area contributed by atoms with Gasteiger partial charge >= 0.3 is 0 Å². The fourth-order valence-electron chi connectivity index (χ4n) is 3.36. The van der Waals surface area contributed by atoms with Crippen molar-refractivity contribution in [2.24, 2.45) is 5.92 Å². The molecule has 5 nitrogen and oxygen atoms in total. The first-order chi connectivity index (χ1) is 11.7. The van der Waals surface area contributed by atoms with Crippen LogP contribution in [-0.2, 0) is 9.47 Å². The maximum atomic E-state index is 13.9. The van der Waals surface area contributed by atoms with Crippen molar-refractivity contribution in [1.82, 2.24) is 10.2 Å². The largest absolute Gasteiger partial charge is 0.381 e. The van der Waals surface area contributed by atoms with Crippen LogP contribution in [0, 0.1) is 11.7 Å². The van der Waals surface area contributed by atoms with E-state index in [0.29, 0.717) is 32.3 Å².